The number of carbonyl (C=O) groups excluding carboxylic acids is 1. The van der Waals surface area contributed by atoms with Crippen molar-refractivity contribution in [2.75, 3.05) is 26.4 Å². The van der Waals surface area contributed by atoms with Crippen LogP contribution in [0.3, 0.4) is 0 Å². The minimum Gasteiger partial charge on any atom is -0.492 e. The smallest absolute Gasteiger partial charge is 0.335 e. The molecule has 1 aliphatic heterocycles. The van der Waals surface area contributed by atoms with Gasteiger partial charge in [-0.15, -0.1) is 12.4 Å². The number of nitrogens with one attached hydrogen (secondary N) is 2. The number of carboxylic acid groups (broad SMARTS) is 1. The number of ether oxygens (including phenoxy) is 2. The molecule has 1 saturated heterocycles. The van der Waals surface area contributed by atoms with Crippen molar-refractivity contribution in [3.63, 3.8) is 0 Å². The van der Waals surface area contributed by atoms with Crippen molar-refractivity contribution >= 4 is 24.3 Å². The number of carbonyl (C=O) groups is 2. The zero-order valence-electron chi connectivity index (χ0n) is 18.1. The van der Waals surface area contributed by atoms with Crippen molar-refractivity contribution in [1.82, 2.24) is 10.6 Å². The van der Waals surface area contributed by atoms with Crippen LogP contribution in [-0.2, 0) is 9.53 Å². The van der Waals surface area contributed by atoms with E-state index in [1.807, 2.05) is 6.92 Å². The molecule has 0 radical (unpaired) electrons. The number of rotatable bonds is 9. The minimum absolute atomic E-state index is 0. The molecule has 2 aromatic carbocycles. The van der Waals surface area contributed by atoms with E-state index in [-0.39, 0.29) is 48.8 Å². The first kappa shape index (κ1) is 26.5. The van der Waals surface area contributed by atoms with Gasteiger partial charge in [-0.1, -0.05) is 12.1 Å². The fraction of sp³-hybridized carbons (Fsp3) is 0.391. The summed E-state index contributed by atoms with van der Waals surface area (Å²) in [5, 5.41) is 15.2. The van der Waals surface area contributed by atoms with Crippen LogP contribution in [0.1, 0.15) is 41.7 Å². The molecule has 0 bridgehead atoms. The average Bonchev–Trinajstić information content (AvgIpc) is 2.76. The number of benzene rings is 2. The highest BCUT2D eigenvalue weighted by Gasteiger charge is 2.40. The van der Waals surface area contributed by atoms with E-state index in [4.69, 9.17) is 14.6 Å². The van der Waals surface area contributed by atoms with Crippen molar-refractivity contribution in [3.8, 4) is 5.75 Å². The molecule has 1 amide bonds. The first-order valence-electron chi connectivity index (χ1n) is 10.3. The third-order valence-electron chi connectivity index (χ3n) is 5.46. The van der Waals surface area contributed by atoms with Crippen LogP contribution < -0.4 is 15.4 Å². The highest BCUT2D eigenvalue weighted by molar-refractivity contribution is 5.88. The molecule has 1 heterocycles. The molecule has 3 rings (SSSR count). The maximum atomic E-state index is 13.3. The first-order valence-corrected chi connectivity index (χ1v) is 10.3. The Morgan fingerprint density at radius 1 is 1.12 bits per heavy atom. The molecular weight excluding hydrogens is 458 g/mol. The van der Waals surface area contributed by atoms with Crippen LogP contribution in [0.25, 0.3) is 0 Å². The van der Waals surface area contributed by atoms with E-state index >= 15 is 0 Å². The Morgan fingerprint density at radius 2 is 1.73 bits per heavy atom. The molecule has 0 saturated carbocycles. The van der Waals surface area contributed by atoms with Gasteiger partial charge in [-0.25, -0.2) is 13.6 Å². The van der Waals surface area contributed by atoms with Crippen LogP contribution in [0.4, 0.5) is 8.78 Å². The fourth-order valence-corrected chi connectivity index (χ4v) is 3.61. The van der Waals surface area contributed by atoms with E-state index < -0.39 is 23.1 Å². The van der Waals surface area contributed by atoms with E-state index in [1.54, 1.807) is 12.1 Å². The zero-order valence-corrected chi connectivity index (χ0v) is 18.9. The Hall–Kier alpha value is -2.75. The van der Waals surface area contributed by atoms with Crippen LogP contribution >= 0.6 is 12.4 Å². The van der Waals surface area contributed by atoms with E-state index in [0.717, 1.165) is 23.8 Å². The lowest BCUT2D eigenvalue weighted by atomic mass is 9.88. The number of aromatic carboxylic acids is 1. The Balaban J connectivity index is 0.00000385. The largest absolute Gasteiger partial charge is 0.492 e. The monoisotopic (exact) mass is 484 g/mol. The van der Waals surface area contributed by atoms with E-state index in [2.05, 4.69) is 10.6 Å². The molecule has 7 nitrogen and oxygen atoms in total. The lowest BCUT2D eigenvalue weighted by Gasteiger charge is -2.37. The van der Waals surface area contributed by atoms with Crippen LogP contribution in [0.2, 0.25) is 0 Å². The van der Waals surface area contributed by atoms with Crippen molar-refractivity contribution in [2.24, 2.45) is 0 Å². The molecule has 1 aliphatic rings. The summed E-state index contributed by atoms with van der Waals surface area (Å²) in [6.45, 7) is 3.05. The van der Waals surface area contributed by atoms with Crippen LogP contribution in [0.5, 0.6) is 5.75 Å². The van der Waals surface area contributed by atoms with Gasteiger partial charge in [0, 0.05) is 38.0 Å². The molecule has 2 aromatic rings. The molecule has 33 heavy (non-hydrogen) atoms. The standard InChI is InChI=1S/C23H26F2N2O5.ClH/c1-15(16-2-4-17(5-3-16)21(28)29)27-22(30)23(6-9-31-10-7-23)26-8-11-32-20-13-18(24)12-19(25)14-20;/h2-5,12-15,26H,6-11H2,1H3,(H,27,30)(H,28,29);1H/t15-;/m0./s1. The second-order valence-corrected chi connectivity index (χ2v) is 7.70. The SMILES string of the molecule is C[C@H](NC(=O)C1(NCCOc2cc(F)cc(F)c2)CCOCC1)c1ccc(C(=O)O)cc1.Cl. The van der Waals surface area contributed by atoms with Gasteiger partial charge in [0.05, 0.1) is 11.6 Å². The van der Waals surface area contributed by atoms with Crippen molar-refractivity contribution in [1.29, 1.82) is 0 Å². The van der Waals surface area contributed by atoms with E-state index in [9.17, 15) is 18.4 Å². The molecule has 180 valence electrons. The zero-order chi connectivity index (χ0) is 23.1. The maximum Gasteiger partial charge on any atom is 0.335 e. The number of carboxylic acids is 1. The second-order valence-electron chi connectivity index (χ2n) is 7.70. The molecule has 1 atom stereocenters. The number of hydrogen-bond donors (Lipinski definition) is 3. The molecule has 0 unspecified atom stereocenters. The predicted molar refractivity (Wildman–Crippen MR) is 120 cm³/mol. The van der Waals surface area contributed by atoms with Crippen molar-refractivity contribution in [2.45, 2.75) is 31.3 Å². The van der Waals surface area contributed by atoms with Crippen molar-refractivity contribution < 1.29 is 33.0 Å². The Labute approximate surface area is 196 Å². The summed E-state index contributed by atoms with van der Waals surface area (Å²) in [7, 11) is 0. The summed E-state index contributed by atoms with van der Waals surface area (Å²) in [6.07, 6.45) is 0.913. The van der Waals surface area contributed by atoms with Gasteiger partial charge in [0.1, 0.15) is 29.5 Å². The maximum absolute atomic E-state index is 13.3. The molecule has 3 N–H and O–H groups in total. The van der Waals surface area contributed by atoms with E-state index in [0.29, 0.717) is 26.1 Å². The van der Waals surface area contributed by atoms with Gasteiger partial charge >= 0.3 is 5.97 Å². The molecule has 0 aliphatic carbocycles. The molecule has 0 spiro atoms. The summed E-state index contributed by atoms with van der Waals surface area (Å²) in [4.78, 5) is 24.2. The van der Waals surface area contributed by atoms with Crippen LogP contribution in [0.15, 0.2) is 42.5 Å². The Bertz CT molecular complexity index is 932. The Morgan fingerprint density at radius 3 is 2.30 bits per heavy atom. The highest BCUT2D eigenvalue weighted by Crippen LogP contribution is 2.23. The third-order valence-corrected chi connectivity index (χ3v) is 5.46. The molecule has 1 fully saturated rings. The number of amides is 1. The minimum atomic E-state index is -1.01. The van der Waals surface area contributed by atoms with Gasteiger partial charge < -0.3 is 19.9 Å². The highest BCUT2D eigenvalue weighted by atomic mass is 35.5. The third kappa shape index (κ3) is 7.12. The van der Waals surface area contributed by atoms with Crippen LogP contribution in [-0.4, -0.2) is 48.9 Å². The molecule has 0 aromatic heterocycles. The van der Waals surface area contributed by atoms with E-state index in [1.165, 1.54) is 12.1 Å². The van der Waals surface area contributed by atoms with Crippen LogP contribution in [0, 0.1) is 11.6 Å². The molecule has 10 heteroatoms. The van der Waals surface area contributed by atoms with Gasteiger partial charge in [0.15, 0.2) is 0 Å². The first-order chi connectivity index (χ1) is 15.3. The average molecular weight is 485 g/mol. The van der Waals surface area contributed by atoms with Gasteiger partial charge in [0.2, 0.25) is 5.91 Å². The fourth-order valence-electron chi connectivity index (χ4n) is 3.61. The quantitative estimate of drug-likeness (QED) is 0.471. The summed E-state index contributed by atoms with van der Waals surface area (Å²) in [5.74, 6) is -2.58. The summed E-state index contributed by atoms with van der Waals surface area (Å²) in [6, 6.07) is 8.95. The van der Waals surface area contributed by atoms with Crippen molar-refractivity contribution in [3.05, 3.63) is 65.2 Å². The van der Waals surface area contributed by atoms with Gasteiger partial charge in [0.25, 0.3) is 0 Å². The van der Waals surface area contributed by atoms with Gasteiger partial charge in [-0.3, -0.25) is 10.1 Å². The second kappa shape index (κ2) is 11.9. The topological polar surface area (TPSA) is 96.9 Å². The lowest BCUT2D eigenvalue weighted by Crippen LogP contribution is -2.60. The summed E-state index contributed by atoms with van der Waals surface area (Å²) >= 11 is 0. The Kier molecular flexibility index (Phi) is 9.57. The number of halogens is 3. The van der Waals surface area contributed by atoms with Gasteiger partial charge in [-0.05, 0) is 37.5 Å². The summed E-state index contributed by atoms with van der Waals surface area (Å²) in [5.41, 5.74) is 0.0828. The normalized spacial score (nSPS) is 15.7. The number of hydrogen-bond acceptors (Lipinski definition) is 5. The summed E-state index contributed by atoms with van der Waals surface area (Å²) < 4.78 is 37.4. The lowest BCUT2D eigenvalue weighted by molar-refractivity contribution is -0.132. The predicted octanol–water partition coefficient (Wildman–Crippen LogP) is 3.48. The van der Waals surface area contributed by atoms with Gasteiger partial charge in [-0.2, -0.15) is 0 Å². The molecular formula is C23H27ClF2N2O5.